The van der Waals surface area contributed by atoms with Gasteiger partial charge in [0.2, 0.25) is 0 Å². The lowest BCUT2D eigenvalue weighted by atomic mass is 9.54. The summed E-state index contributed by atoms with van der Waals surface area (Å²) in [5.74, 6) is 2.60. The topological polar surface area (TPSA) is 27.7 Å². The molecule has 0 heterocycles. The van der Waals surface area contributed by atoms with Crippen molar-refractivity contribution in [1.29, 1.82) is 0 Å². The van der Waals surface area contributed by atoms with Gasteiger partial charge < -0.3 is 13.3 Å². The van der Waals surface area contributed by atoms with Gasteiger partial charge in [-0.3, -0.25) is 0 Å². The Hall–Kier alpha value is 0.387. The molecule has 104 valence electrons. The van der Waals surface area contributed by atoms with Crippen LogP contribution in [0.5, 0.6) is 0 Å². The second-order valence-electron chi connectivity index (χ2n) is 6.43. The van der Waals surface area contributed by atoms with E-state index in [0.29, 0.717) is 5.50 Å². The van der Waals surface area contributed by atoms with Crippen molar-refractivity contribution in [2.45, 2.75) is 44.1 Å². The first-order chi connectivity index (χ1) is 8.62. The number of hydrogen-bond acceptors (Lipinski definition) is 3. The van der Waals surface area contributed by atoms with Gasteiger partial charge in [0.1, 0.15) is 0 Å². The number of hydrogen-bond donors (Lipinski definition) is 0. The molecule has 4 saturated carbocycles. The summed E-state index contributed by atoms with van der Waals surface area (Å²) in [4.78, 5) is 0. The fourth-order valence-corrected chi connectivity index (χ4v) is 7.12. The Morgan fingerprint density at radius 3 is 1.78 bits per heavy atom. The molecule has 0 aromatic carbocycles. The largest absolute Gasteiger partial charge is 0.516 e. The highest BCUT2D eigenvalue weighted by molar-refractivity contribution is 6.69. The summed E-state index contributed by atoms with van der Waals surface area (Å²) >= 11 is 6.05. The van der Waals surface area contributed by atoms with Crippen molar-refractivity contribution < 1.29 is 13.3 Å². The lowest BCUT2D eigenvalue weighted by Gasteiger charge is -2.57. The first-order valence-electron chi connectivity index (χ1n) is 6.99. The van der Waals surface area contributed by atoms with Crippen molar-refractivity contribution in [3.63, 3.8) is 0 Å². The quantitative estimate of drug-likeness (QED) is 0.575. The Morgan fingerprint density at radius 1 is 1.00 bits per heavy atom. The lowest BCUT2D eigenvalue weighted by Crippen LogP contribution is -2.60. The van der Waals surface area contributed by atoms with Gasteiger partial charge in [0.25, 0.3) is 0 Å². The van der Waals surface area contributed by atoms with Gasteiger partial charge in [-0.05, 0) is 56.3 Å². The van der Waals surface area contributed by atoms with Crippen LogP contribution in [0.4, 0.5) is 0 Å². The molecule has 0 radical (unpaired) electrons. The van der Waals surface area contributed by atoms with Crippen LogP contribution in [0.15, 0.2) is 0 Å². The Balaban J connectivity index is 1.79. The molecule has 0 aromatic heterocycles. The maximum Gasteiger partial charge on any atom is 0.516 e. The minimum Gasteiger partial charge on any atom is -0.376 e. The van der Waals surface area contributed by atoms with E-state index in [1.165, 1.54) is 38.5 Å². The molecule has 0 amide bonds. The van der Waals surface area contributed by atoms with E-state index >= 15 is 0 Å². The van der Waals surface area contributed by atoms with Gasteiger partial charge in [-0.2, -0.15) is 0 Å². The molecule has 4 bridgehead atoms. The summed E-state index contributed by atoms with van der Waals surface area (Å²) in [5.41, 5.74) is 0.365. The van der Waals surface area contributed by atoms with Crippen LogP contribution in [-0.2, 0) is 13.3 Å². The second kappa shape index (κ2) is 4.74. The molecular formula is C13H23ClO3Si. The summed E-state index contributed by atoms with van der Waals surface area (Å²) < 4.78 is 17.5. The van der Waals surface area contributed by atoms with E-state index in [9.17, 15) is 0 Å². The van der Waals surface area contributed by atoms with E-state index in [1.807, 2.05) is 0 Å². The van der Waals surface area contributed by atoms with E-state index in [4.69, 9.17) is 24.9 Å². The third kappa shape index (κ3) is 2.16. The van der Waals surface area contributed by atoms with Crippen molar-refractivity contribution in [2.24, 2.45) is 17.8 Å². The SMILES string of the molecule is CO[Si](CCl)(OC)OC12CC3CC(CC(C3)C1)C2. The summed E-state index contributed by atoms with van der Waals surface area (Å²) in [6.07, 6.45) is 7.82. The van der Waals surface area contributed by atoms with Gasteiger partial charge >= 0.3 is 8.80 Å². The van der Waals surface area contributed by atoms with Gasteiger partial charge in [0.15, 0.2) is 0 Å². The molecule has 0 aliphatic heterocycles. The highest BCUT2D eigenvalue weighted by Crippen LogP contribution is 2.57. The zero-order chi connectivity index (χ0) is 12.8. The van der Waals surface area contributed by atoms with E-state index in [0.717, 1.165) is 17.8 Å². The highest BCUT2D eigenvalue weighted by atomic mass is 35.5. The van der Waals surface area contributed by atoms with Crippen LogP contribution in [0.3, 0.4) is 0 Å². The van der Waals surface area contributed by atoms with Crippen molar-refractivity contribution in [3.05, 3.63) is 0 Å². The van der Waals surface area contributed by atoms with Gasteiger partial charge in [-0.1, -0.05) is 0 Å². The van der Waals surface area contributed by atoms with Crippen LogP contribution in [0.1, 0.15) is 38.5 Å². The molecule has 4 aliphatic carbocycles. The first-order valence-corrected chi connectivity index (χ1v) is 9.46. The van der Waals surface area contributed by atoms with Crippen molar-refractivity contribution in [2.75, 3.05) is 19.7 Å². The maximum absolute atomic E-state index is 6.45. The molecule has 0 aromatic rings. The summed E-state index contributed by atoms with van der Waals surface area (Å²) in [6.45, 7) is 0. The van der Waals surface area contributed by atoms with E-state index < -0.39 is 8.80 Å². The molecular weight excluding hydrogens is 268 g/mol. The third-order valence-electron chi connectivity index (χ3n) is 5.14. The summed E-state index contributed by atoms with van der Waals surface area (Å²) in [5, 5.41) is 0. The molecule has 0 saturated heterocycles. The molecule has 0 unspecified atom stereocenters. The monoisotopic (exact) mass is 290 g/mol. The summed E-state index contributed by atoms with van der Waals surface area (Å²) in [7, 11) is 0.693. The standard InChI is InChI=1S/C13H23ClO3Si/c1-15-18(9-14,16-2)17-13-6-10-3-11(7-13)5-12(4-10)8-13/h10-12H,3-9H2,1-2H3. The fraction of sp³-hybridized carbons (Fsp3) is 1.00. The Morgan fingerprint density at radius 2 is 1.44 bits per heavy atom. The predicted molar refractivity (Wildman–Crippen MR) is 72.5 cm³/mol. The van der Waals surface area contributed by atoms with Crippen molar-refractivity contribution in [1.82, 2.24) is 0 Å². The Bertz CT molecular complexity index is 276. The lowest BCUT2D eigenvalue weighted by molar-refractivity contribution is -0.135. The minimum absolute atomic E-state index is 0.0158. The van der Waals surface area contributed by atoms with E-state index in [-0.39, 0.29) is 5.60 Å². The van der Waals surface area contributed by atoms with Gasteiger partial charge in [-0.25, -0.2) is 0 Å². The zero-order valence-corrected chi connectivity index (χ0v) is 13.0. The van der Waals surface area contributed by atoms with E-state index in [1.54, 1.807) is 14.2 Å². The van der Waals surface area contributed by atoms with Gasteiger partial charge in [0.05, 0.1) is 11.1 Å². The highest BCUT2D eigenvalue weighted by Gasteiger charge is 2.56. The van der Waals surface area contributed by atoms with Crippen LogP contribution in [0, 0.1) is 17.8 Å². The molecule has 0 spiro atoms. The Kier molecular flexibility index (Phi) is 3.52. The molecule has 3 nitrogen and oxygen atoms in total. The molecule has 0 atom stereocenters. The van der Waals surface area contributed by atoms with Gasteiger partial charge in [0, 0.05) is 14.2 Å². The minimum atomic E-state index is -2.64. The maximum atomic E-state index is 6.45. The molecule has 0 N–H and O–H groups in total. The Labute approximate surface area is 115 Å². The molecule has 5 heteroatoms. The van der Waals surface area contributed by atoms with Crippen LogP contribution >= 0.6 is 11.6 Å². The van der Waals surface area contributed by atoms with E-state index in [2.05, 4.69) is 0 Å². The number of rotatable bonds is 5. The van der Waals surface area contributed by atoms with Crippen molar-refractivity contribution >= 4 is 20.4 Å². The number of alkyl halides is 1. The number of halogens is 1. The van der Waals surface area contributed by atoms with Crippen LogP contribution in [0.2, 0.25) is 0 Å². The zero-order valence-electron chi connectivity index (χ0n) is 11.3. The molecule has 4 rings (SSSR count). The molecule has 4 fully saturated rings. The average Bonchev–Trinajstić information content (AvgIpc) is 2.34. The fourth-order valence-electron chi connectivity index (χ4n) is 4.79. The van der Waals surface area contributed by atoms with Crippen LogP contribution in [0.25, 0.3) is 0 Å². The smallest absolute Gasteiger partial charge is 0.376 e. The van der Waals surface area contributed by atoms with Crippen molar-refractivity contribution in [3.8, 4) is 0 Å². The van der Waals surface area contributed by atoms with Gasteiger partial charge in [-0.15, -0.1) is 11.6 Å². The second-order valence-corrected chi connectivity index (χ2v) is 9.88. The summed E-state index contributed by atoms with van der Waals surface area (Å²) in [6, 6.07) is 0. The first kappa shape index (κ1) is 13.4. The average molecular weight is 291 g/mol. The predicted octanol–water partition coefficient (Wildman–Crippen LogP) is 2.98. The van der Waals surface area contributed by atoms with Crippen LogP contribution < -0.4 is 0 Å². The molecule has 18 heavy (non-hydrogen) atoms. The normalized spacial score (nSPS) is 42.5. The van der Waals surface area contributed by atoms with Crippen LogP contribution in [-0.4, -0.2) is 34.1 Å². The third-order valence-corrected chi connectivity index (χ3v) is 8.44. The molecule has 4 aliphatic rings.